The molecule has 24 valence electrons. The van der Waals surface area contributed by atoms with Crippen LogP contribution in [0.5, 0.6) is 0 Å². The Morgan fingerprint density at radius 3 is 1.25 bits per heavy atom. The van der Waals surface area contributed by atoms with Gasteiger partial charge in [0.2, 0.25) is 0 Å². The van der Waals surface area contributed by atoms with Crippen LogP contribution in [0.1, 0.15) is 2.85 Å². The molecule has 0 heterocycles. The smallest absolute Gasteiger partial charge is 1.00 e. The molecular formula is H6FeMgSiTi. The maximum atomic E-state index is 0. The first-order valence-corrected chi connectivity index (χ1v) is 0. The van der Waals surface area contributed by atoms with Gasteiger partial charge in [-0.15, -0.1) is 0 Å². The fraction of sp³-hybridized carbons (Fsp3) is 0. The molecule has 0 fully saturated rings. The van der Waals surface area contributed by atoms with E-state index in [1.54, 1.807) is 0 Å². The second-order valence-electron chi connectivity index (χ2n) is 0. The van der Waals surface area contributed by atoms with Crippen LogP contribution in [0.25, 0.3) is 0 Å². The fourth-order valence-electron chi connectivity index (χ4n) is 0. The molecule has 4 heavy (non-hydrogen) atoms. The molecule has 0 bridgehead atoms. The molecule has 0 aliphatic carbocycles. The van der Waals surface area contributed by atoms with Gasteiger partial charge in [0.15, 0.2) is 0 Å². The van der Waals surface area contributed by atoms with Crippen LogP contribution in [0, 0.1) is 0 Å². The van der Waals surface area contributed by atoms with Gasteiger partial charge in [-0.05, 0) is 11.0 Å². The molecule has 0 aromatic carbocycles. The van der Waals surface area contributed by atoms with E-state index in [1.165, 1.54) is 0 Å². The third-order valence-corrected chi connectivity index (χ3v) is 0. The fourth-order valence-corrected chi connectivity index (χ4v) is 0. The molecule has 0 aliphatic heterocycles. The Labute approximate surface area is 75.0 Å². The average molecular weight is 162 g/mol. The zero-order chi connectivity index (χ0) is 0. The summed E-state index contributed by atoms with van der Waals surface area (Å²) in [7, 11) is 0. The summed E-state index contributed by atoms with van der Waals surface area (Å²) in [6, 6.07) is 0. The predicted molar refractivity (Wildman–Crippen MR) is 19.3 cm³/mol. The van der Waals surface area contributed by atoms with E-state index < -0.39 is 0 Å². The molecule has 0 amide bonds. The standard InChI is InChI=1S/Fe.Mg.H4Si.Ti.2H/h;;1H4;;;/q;+2;;;2*-1. The van der Waals surface area contributed by atoms with Crippen molar-refractivity contribution in [2.24, 2.45) is 0 Å². The van der Waals surface area contributed by atoms with Gasteiger partial charge in [-0.3, -0.25) is 0 Å². The van der Waals surface area contributed by atoms with Gasteiger partial charge in [-0.25, -0.2) is 0 Å². The largest absolute Gasteiger partial charge is 2.00 e. The Bertz CT molecular complexity index is 13.5. The van der Waals surface area contributed by atoms with Crippen LogP contribution in [0.2, 0.25) is 0 Å². The molecule has 0 spiro atoms. The molecule has 0 aliphatic rings. The molecule has 0 saturated carbocycles. The zero-order valence-electron chi connectivity index (χ0n) is 3.56. The van der Waals surface area contributed by atoms with E-state index in [0.717, 1.165) is 0 Å². The van der Waals surface area contributed by atoms with Crippen LogP contribution in [0.15, 0.2) is 0 Å². The van der Waals surface area contributed by atoms with Crippen molar-refractivity contribution >= 4 is 34.0 Å². The van der Waals surface area contributed by atoms with Gasteiger partial charge in [-0.2, -0.15) is 0 Å². The summed E-state index contributed by atoms with van der Waals surface area (Å²) in [4.78, 5) is 0. The Kier molecular flexibility index (Phi) is 162. The molecule has 0 nitrogen and oxygen atoms in total. The van der Waals surface area contributed by atoms with Crippen molar-refractivity contribution in [3.05, 3.63) is 0 Å². The third kappa shape index (κ3) is 8.88. The normalized spacial score (nSPS) is 0. The van der Waals surface area contributed by atoms with E-state index in [0.29, 0.717) is 0 Å². The van der Waals surface area contributed by atoms with Gasteiger partial charge >= 0.3 is 23.1 Å². The van der Waals surface area contributed by atoms with Gasteiger partial charge < -0.3 is 2.85 Å². The topological polar surface area (TPSA) is 0 Å². The van der Waals surface area contributed by atoms with Crippen LogP contribution >= 0.6 is 0 Å². The SMILES string of the molecule is [Fe].[H-].[H-].[Mg+2].[SiH4].[Ti]. The molecule has 0 radical (unpaired) electrons. The van der Waals surface area contributed by atoms with Crippen molar-refractivity contribution in [2.75, 3.05) is 0 Å². The van der Waals surface area contributed by atoms with Gasteiger partial charge in [0.25, 0.3) is 0 Å². The Morgan fingerprint density at radius 2 is 1.25 bits per heavy atom. The summed E-state index contributed by atoms with van der Waals surface area (Å²) < 4.78 is 0. The van der Waals surface area contributed by atoms with Gasteiger partial charge in [-0.1, -0.05) is 0 Å². The monoisotopic (exact) mass is 162 g/mol. The van der Waals surface area contributed by atoms with Gasteiger partial charge in [0.05, 0.1) is 0 Å². The van der Waals surface area contributed by atoms with E-state index >= 15 is 0 Å². The first-order chi connectivity index (χ1) is 0. The van der Waals surface area contributed by atoms with E-state index in [4.69, 9.17) is 0 Å². The second kappa shape index (κ2) is 18.9. The molecule has 4 heteroatoms. The third-order valence-electron chi connectivity index (χ3n) is 0. The van der Waals surface area contributed by atoms with Crippen molar-refractivity contribution < 1.29 is 41.6 Å². The molecule has 0 aromatic rings. The zero-order valence-corrected chi connectivity index (χ0v) is 5.64. The van der Waals surface area contributed by atoms with Crippen LogP contribution in [-0.2, 0) is 38.8 Å². The minimum atomic E-state index is 0. The predicted octanol–water partition coefficient (Wildman–Crippen LogP) is -1.61. The van der Waals surface area contributed by atoms with E-state index in [-0.39, 0.29) is 75.7 Å². The second-order valence-corrected chi connectivity index (χ2v) is 0. The van der Waals surface area contributed by atoms with Crippen molar-refractivity contribution in [1.29, 1.82) is 0 Å². The summed E-state index contributed by atoms with van der Waals surface area (Å²) in [5, 5.41) is 0. The van der Waals surface area contributed by atoms with Gasteiger partial charge in [0.1, 0.15) is 0 Å². The minimum absolute atomic E-state index is 0. The van der Waals surface area contributed by atoms with E-state index in [9.17, 15) is 0 Å². The summed E-state index contributed by atoms with van der Waals surface area (Å²) in [5.74, 6) is 0. The molecule has 0 rings (SSSR count). The molecule has 0 saturated heterocycles. The van der Waals surface area contributed by atoms with Crippen LogP contribution in [0.3, 0.4) is 0 Å². The maximum absolute atomic E-state index is 0. The van der Waals surface area contributed by atoms with Crippen molar-refractivity contribution in [3.8, 4) is 0 Å². The Morgan fingerprint density at radius 1 is 1.25 bits per heavy atom. The summed E-state index contributed by atoms with van der Waals surface area (Å²) in [5.41, 5.74) is 0. The van der Waals surface area contributed by atoms with Crippen LogP contribution in [-0.4, -0.2) is 34.0 Å². The first kappa shape index (κ1) is 34.4. The number of rotatable bonds is 0. The first-order valence-electron chi connectivity index (χ1n) is 0. The molecule has 0 aromatic heterocycles. The molecular weight excluding hydrogens is 156 g/mol. The Balaban J connectivity index is 0. The molecule has 0 N–H and O–H groups in total. The van der Waals surface area contributed by atoms with Crippen LogP contribution in [0.4, 0.5) is 0 Å². The number of hydrogen-bond donors (Lipinski definition) is 0. The molecule has 0 unspecified atom stereocenters. The summed E-state index contributed by atoms with van der Waals surface area (Å²) in [6.45, 7) is 0. The molecule has 0 atom stereocenters. The van der Waals surface area contributed by atoms with Crippen molar-refractivity contribution in [2.45, 2.75) is 0 Å². The van der Waals surface area contributed by atoms with E-state index in [2.05, 4.69) is 0 Å². The number of hydrogen-bond acceptors (Lipinski definition) is 0. The maximum Gasteiger partial charge on any atom is 2.00 e. The van der Waals surface area contributed by atoms with Gasteiger partial charge in [0, 0.05) is 38.8 Å². The van der Waals surface area contributed by atoms with Crippen molar-refractivity contribution in [1.82, 2.24) is 0 Å². The summed E-state index contributed by atoms with van der Waals surface area (Å²) in [6.07, 6.45) is 0. The summed E-state index contributed by atoms with van der Waals surface area (Å²) >= 11 is 0. The van der Waals surface area contributed by atoms with Crippen LogP contribution < -0.4 is 0 Å². The van der Waals surface area contributed by atoms with Crippen molar-refractivity contribution in [3.63, 3.8) is 0 Å². The van der Waals surface area contributed by atoms with E-state index in [1.807, 2.05) is 0 Å². The average Bonchev–Trinajstić information content (AvgIpc) is 0. The Hall–Kier alpha value is 2.22. The minimum Gasteiger partial charge on any atom is -1.00 e. The quantitative estimate of drug-likeness (QED) is 0.376.